The lowest BCUT2D eigenvalue weighted by molar-refractivity contribution is -0.128. The molecule has 1 fully saturated rings. The summed E-state index contributed by atoms with van der Waals surface area (Å²) < 4.78 is 0. The molecule has 4 nitrogen and oxygen atoms in total. The van der Waals surface area contributed by atoms with Crippen molar-refractivity contribution >= 4 is 5.78 Å². The second kappa shape index (κ2) is 4.70. The van der Waals surface area contributed by atoms with Gasteiger partial charge in [-0.2, -0.15) is 0 Å². The first-order valence-electron chi connectivity index (χ1n) is 5.70. The van der Waals surface area contributed by atoms with E-state index in [-0.39, 0.29) is 5.92 Å². The number of rotatable bonds is 2. The molecule has 0 spiro atoms. The summed E-state index contributed by atoms with van der Waals surface area (Å²) >= 11 is 0. The molecule has 0 aromatic carbocycles. The van der Waals surface area contributed by atoms with Crippen molar-refractivity contribution in [1.82, 2.24) is 14.9 Å². The number of carbonyl (C=O) groups excluding carboxylic acids is 1. The van der Waals surface area contributed by atoms with Crippen LogP contribution in [0.4, 0.5) is 0 Å². The van der Waals surface area contributed by atoms with E-state index in [1.165, 1.54) is 0 Å². The molecule has 0 aliphatic carbocycles. The highest BCUT2D eigenvalue weighted by Crippen LogP contribution is 2.21. The van der Waals surface area contributed by atoms with E-state index in [4.69, 9.17) is 0 Å². The third-order valence-electron chi connectivity index (χ3n) is 3.46. The molecule has 1 aliphatic heterocycles. The smallest absolute Gasteiger partial charge is 0.138 e. The summed E-state index contributed by atoms with van der Waals surface area (Å²) in [6, 6.07) is 2.23. The highest BCUT2D eigenvalue weighted by atomic mass is 16.1. The highest BCUT2D eigenvalue weighted by molar-refractivity contribution is 5.82. The van der Waals surface area contributed by atoms with Gasteiger partial charge in [-0.05, 0) is 13.0 Å². The van der Waals surface area contributed by atoms with E-state index in [1.807, 2.05) is 13.0 Å². The second-order valence-electron chi connectivity index (χ2n) is 4.42. The number of hydrogen-bond acceptors (Lipinski definition) is 4. The Morgan fingerprint density at radius 3 is 3.00 bits per heavy atom. The number of piperidine rings is 1. The number of carbonyl (C=O) groups is 1. The third-order valence-corrected chi connectivity index (χ3v) is 3.46. The maximum absolute atomic E-state index is 11.6. The van der Waals surface area contributed by atoms with E-state index >= 15 is 0 Å². The minimum Gasteiger partial charge on any atom is -0.299 e. The molecule has 86 valence electrons. The van der Waals surface area contributed by atoms with Crippen LogP contribution in [-0.2, 0) is 11.3 Å². The molecule has 2 rings (SSSR count). The lowest BCUT2D eigenvalue weighted by atomic mass is 9.90. The molecule has 2 heterocycles. The van der Waals surface area contributed by atoms with Crippen LogP contribution in [0.3, 0.4) is 0 Å². The highest BCUT2D eigenvalue weighted by Gasteiger charge is 2.30. The van der Waals surface area contributed by atoms with Gasteiger partial charge in [0.25, 0.3) is 0 Å². The van der Waals surface area contributed by atoms with Crippen molar-refractivity contribution in [2.45, 2.75) is 32.9 Å². The van der Waals surface area contributed by atoms with Gasteiger partial charge in [-0.25, -0.2) is 9.97 Å². The summed E-state index contributed by atoms with van der Waals surface area (Å²) in [6.45, 7) is 5.78. The Morgan fingerprint density at radius 1 is 1.50 bits per heavy atom. The fourth-order valence-corrected chi connectivity index (χ4v) is 2.11. The molecule has 1 saturated heterocycles. The zero-order valence-electron chi connectivity index (χ0n) is 9.76. The van der Waals surface area contributed by atoms with Gasteiger partial charge in [-0.15, -0.1) is 0 Å². The fraction of sp³-hybridized carbons (Fsp3) is 0.583. The van der Waals surface area contributed by atoms with Crippen LogP contribution >= 0.6 is 0 Å². The molecule has 4 heteroatoms. The zero-order valence-corrected chi connectivity index (χ0v) is 9.76. The van der Waals surface area contributed by atoms with Crippen molar-refractivity contribution in [1.29, 1.82) is 0 Å². The summed E-state index contributed by atoms with van der Waals surface area (Å²) in [6.07, 6.45) is 3.99. The maximum atomic E-state index is 11.6. The minimum absolute atomic E-state index is 0.135. The molecule has 0 amide bonds. The Labute approximate surface area is 95.7 Å². The van der Waals surface area contributed by atoms with E-state index in [9.17, 15) is 4.79 Å². The van der Waals surface area contributed by atoms with Gasteiger partial charge in [0, 0.05) is 37.7 Å². The Hall–Kier alpha value is -1.29. The molecule has 0 saturated carbocycles. The van der Waals surface area contributed by atoms with Gasteiger partial charge in [0.1, 0.15) is 12.1 Å². The van der Waals surface area contributed by atoms with Crippen molar-refractivity contribution in [2.75, 3.05) is 6.54 Å². The molecule has 1 aromatic heterocycles. The first-order valence-corrected chi connectivity index (χ1v) is 5.70. The fourth-order valence-electron chi connectivity index (χ4n) is 2.11. The third kappa shape index (κ3) is 2.27. The molecule has 2 atom stereocenters. The number of ketones is 1. The Morgan fingerprint density at radius 2 is 2.31 bits per heavy atom. The van der Waals surface area contributed by atoms with E-state index < -0.39 is 0 Å². The van der Waals surface area contributed by atoms with Gasteiger partial charge < -0.3 is 0 Å². The summed E-state index contributed by atoms with van der Waals surface area (Å²) in [7, 11) is 0. The second-order valence-corrected chi connectivity index (χ2v) is 4.42. The predicted molar refractivity (Wildman–Crippen MR) is 60.7 cm³/mol. The van der Waals surface area contributed by atoms with Gasteiger partial charge in [0.05, 0.1) is 5.69 Å². The Kier molecular flexibility index (Phi) is 3.29. The zero-order chi connectivity index (χ0) is 11.5. The van der Waals surface area contributed by atoms with Crippen LogP contribution < -0.4 is 0 Å². The number of hydrogen-bond donors (Lipinski definition) is 0. The standard InChI is InChI=1S/C12H17N3O/c1-9-10(2)15(6-4-12(9)16)7-11-3-5-13-8-14-11/h3,5,8-10H,4,6-7H2,1-2H3. The van der Waals surface area contributed by atoms with E-state index in [0.29, 0.717) is 18.2 Å². The monoisotopic (exact) mass is 219 g/mol. The number of aromatic nitrogens is 2. The number of likely N-dealkylation sites (tertiary alicyclic amines) is 1. The lowest BCUT2D eigenvalue weighted by Crippen LogP contribution is -2.46. The average molecular weight is 219 g/mol. The van der Waals surface area contributed by atoms with E-state index in [2.05, 4.69) is 21.8 Å². The summed E-state index contributed by atoms with van der Waals surface area (Å²) in [4.78, 5) is 22.0. The van der Waals surface area contributed by atoms with E-state index in [0.717, 1.165) is 18.8 Å². The molecule has 0 radical (unpaired) electrons. The molecule has 16 heavy (non-hydrogen) atoms. The molecular weight excluding hydrogens is 202 g/mol. The Bertz CT molecular complexity index is 366. The van der Waals surface area contributed by atoms with Crippen LogP contribution in [0.2, 0.25) is 0 Å². The quantitative estimate of drug-likeness (QED) is 0.751. The molecular formula is C12H17N3O. The van der Waals surface area contributed by atoms with Gasteiger partial charge >= 0.3 is 0 Å². The predicted octanol–water partition coefficient (Wildman–Crippen LogP) is 1.28. The van der Waals surface area contributed by atoms with Crippen LogP contribution in [0, 0.1) is 5.92 Å². The number of nitrogens with zero attached hydrogens (tertiary/aromatic N) is 3. The van der Waals surface area contributed by atoms with Crippen LogP contribution in [0.1, 0.15) is 26.0 Å². The average Bonchev–Trinajstić information content (AvgIpc) is 2.31. The largest absolute Gasteiger partial charge is 0.299 e. The Balaban J connectivity index is 2.03. The summed E-state index contributed by atoms with van der Waals surface area (Å²) in [5.41, 5.74) is 1.02. The van der Waals surface area contributed by atoms with Crippen LogP contribution in [-0.4, -0.2) is 33.2 Å². The first-order chi connectivity index (χ1) is 7.68. The lowest BCUT2D eigenvalue weighted by Gasteiger charge is -2.36. The van der Waals surface area contributed by atoms with Crippen molar-refractivity contribution in [2.24, 2.45) is 5.92 Å². The minimum atomic E-state index is 0.135. The van der Waals surface area contributed by atoms with Crippen LogP contribution in [0.5, 0.6) is 0 Å². The molecule has 0 bridgehead atoms. The van der Waals surface area contributed by atoms with Gasteiger partial charge in [0.2, 0.25) is 0 Å². The maximum Gasteiger partial charge on any atom is 0.138 e. The van der Waals surface area contributed by atoms with Crippen LogP contribution in [0.25, 0.3) is 0 Å². The SMILES string of the molecule is CC1C(=O)CCN(Cc2ccncn2)C1C. The van der Waals surface area contributed by atoms with Crippen LogP contribution in [0.15, 0.2) is 18.6 Å². The molecule has 2 unspecified atom stereocenters. The normalized spacial score (nSPS) is 27.0. The van der Waals surface area contributed by atoms with Gasteiger partial charge in [0.15, 0.2) is 0 Å². The molecule has 1 aromatic rings. The first kappa shape index (κ1) is 11.2. The van der Waals surface area contributed by atoms with Gasteiger partial charge in [-0.3, -0.25) is 9.69 Å². The molecule has 0 N–H and O–H groups in total. The summed E-state index contributed by atoms with van der Waals surface area (Å²) in [5, 5.41) is 0. The van der Waals surface area contributed by atoms with Crippen molar-refractivity contribution in [3.05, 3.63) is 24.3 Å². The van der Waals surface area contributed by atoms with Crippen molar-refractivity contribution in [3.63, 3.8) is 0 Å². The summed E-state index contributed by atoms with van der Waals surface area (Å²) in [5.74, 6) is 0.516. The molecule has 1 aliphatic rings. The van der Waals surface area contributed by atoms with E-state index in [1.54, 1.807) is 12.5 Å². The number of Topliss-reactive ketones (excluding diaryl/α,β-unsaturated/α-hetero) is 1. The van der Waals surface area contributed by atoms with Gasteiger partial charge in [-0.1, -0.05) is 6.92 Å². The topological polar surface area (TPSA) is 46.1 Å². The van der Waals surface area contributed by atoms with Crippen molar-refractivity contribution < 1.29 is 4.79 Å². The van der Waals surface area contributed by atoms with Crippen molar-refractivity contribution in [3.8, 4) is 0 Å².